The Balaban J connectivity index is 1.68. The Morgan fingerprint density at radius 1 is 1.10 bits per heavy atom. The molecular formula is C25H31N3O2. The van der Waals surface area contributed by atoms with Crippen LogP contribution in [-0.2, 0) is 4.79 Å². The molecule has 0 aromatic heterocycles. The van der Waals surface area contributed by atoms with E-state index in [9.17, 15) is 4.79 Å². The van der Waals surface area contributed by atoms with E-state index in [4.69, 9.17) is 9.73 Å². The third-order valence-electron chi connectivity index (χ3n) is 5.77. The number of rotatable bonds is 2. The van der Waals surface area contributed by atoms with E-state index < -0.39 is 0 Å². The van der Waals surface area contributed by atoms with Crippen molar-refractivity contribution in [1.29, 1.82) is 0 Å². The van der Waals surface area contributed by atoms with Crippen molar-refractivity contribution in [2.24, 2.45) is 10.9 Å². The lowest BCUT2D eigenvalue weighted by Gasteiger charge is -2.41. The Bertz CT molecular complexity index is 996. The van der Waals surface area contributed by atoms with Crippen LogP contribution in [0.4, 0.5) is 5.69 Å². The molecule has 2 aliphatic rings. The monoisotopic (exact) mass is 405 g/mol. The van der Waals surface area contributed by atoms with E-state index in [1.54, 1.807) is 0 Å². The number of piperazine rings is 1. The number of aliphatic imine (C=N–C) groups is 1. The molecule has 1 saturated heterocycles. The van der Waals surface area contributed by atoms with Gasteiger partial charge in [0.05, 0.1) is 5.56 Å². The van der Waals surface area contributed by atoms with Crippen LogP contribution in [0.2, 0.25) is 0 Å². The molecule has 1 fully saturated rings. The minimum absolute atomic E-state index is 0.141. The fourth-order valence-corrected chi connectivity index (χ4v) is 4.22. The van der Waals surface area contributed by atoms with Gasteiger partial charge in [-0.15, -0.1) is 0 Å². The second-order valence-electron chi connectivity index (χ2n) is 8.99. The first-order chi connectivity index (χ1) is 14.3. The van der Waals surface area contributed by atoms with E-state index >= 15 is 0 Å². The van der Waals surface area contributed by atoms with Crippen molar-refractivity contribution in [3.8, 4) is 11.5 Å². The number of fused-ring (bicyclic) bond motifs is 2. The molecule has 1 amide bonds. The number of hydrogen-bond acceptors (Lipinski definition) is 4. The number of nitrogens with zero attached hydrogens (tertiary/aromatic N) is 3. The number of amides is 1. The van der Waals surface area contributed by atoms with Crippen molar-refractivity contribution in [1.82, 2.24) is 9.80 Å². The molecule has 2 aliphatic heterocycles. The molecule has 1 atom stereocenters. The summed E-state index contributed by atoms with van der Waals surface area (Å²) < 4.78 is 6.28. The van der Waals surface area contributed by atoms with Crippen LogP contribution in [0.5, 0.6) is 11.5 Å². The zero-order valence-electron chi connectivity index (χ0n) is 18.6. The number of amidine groups is 1. The number of ether oxygens (including phenoxy) is 1. The Kier molecular flexibility index (Phi) is 5.54. The fraction of sp³-hybridized carbons (Fsp3) is 0.440. The summed E-state index contributed by atoms with van der Waals surface area (Å²) in [4.78, 5) is 22.0. The van der Waals surface area contributed by atoms with Crippen LogP contribution in [0.25, 0.3) is 0 Å². The van der Waals surface area contributed by atoms with Gasteiger partial charge in [0.25, 0.3) is 0 Å². The minimum Gasteiger partial charge on any atom is -0.454 e. The summed E-state index contributed by atoms with van der Waals surface area (Å²) in [6.45, 7) is 12.7. The van der Waals surface area contributed by atoms with E-state index in [-0.39, 0.29) is 11.9 Å². The van der Waals surface area contributed by atoms with Crippen LogP contribution in [0.1, 0.15) is 43.9 Å². The molecule has 0 N–H and O–H groups in total. The van der Waals surface area contributed by atoms with Gasteiger partial charge in [-0.3, -0.25) is 4.79 Å². The van der Waals surface area contributed by atoms with Gasteiger partial charge in [-0.2, -0.15) is 0 Å². The largest absolute Gasteiger partial charge is 0.454 e. The van der Waals surface area contributed by atoms with Gasteiger partial charge in [-0.25, -0.2) is 4.99 Å². The average molecular weight is 406 g/mol. The Morgan fingerprint density at radius 3 is 2.57 bits per heavy atom. The highest BCUT2D eigenvalue weighted by molar-refractivity contribution is 6.04. The maximum atomic E-state index is 12.7. The number of carbonyl (C=O) groups is 1. The molecule has 0 spiro atoms. The topological polar surface area (TPSA) is 45.1 Å². The van der Waals surface area contributed by atoms with Crippen LogP contribution >= 0.6 is 0 Å². The van der Waals surface area contributed by atoms with E-state index in [1.165, 1.54) is 5.56 Å². The van der Waals surface area contributed by atoms with Crippen molar-refractivity contribution in [2.75, 3.05) is 19.6 Å². The summed E-state index contributed by atoms with van der Waals surface area (Å²) in [7, 11) is 0. The molecule has 0 radical (unpaired) electrons. The molecule has 30 heavy (non-hydrogen) atoms. The lowest BCUT2D eigenvalue weighted by molar-refractivity contribution is -0.135. The van der Waals surface area contributed by atoms with Gasteiger partial charge in [0.1, 0.15) is 17.3 Å². The quantitative estimate of drug-likeness (QED) is 0.701. The first-order valence-electron chi connectivity index (χ1n) is 10.8. The summed E-state index contributed by atoms with van der Waals surface area (Å²) in [5, 5.41) is 0. The maximum Gasteiger partial charge on any atom is 0.223 e. The summed E-state index contributed by atoms with van der Waals surface area (Å²) in [6, 6.07) is 12.5. The molecule has 5 heteroatoms. The highest BCUT2D eigenvalue weighted by Gasteiger charge is 2.31. The predicted molar refractivity (Wildman–Crippen MR) is 121 cm³/mol. The van der Waals surface area contributed by atoms with Crippen molar-refractivity contribution >= 4 is 17.4 Å². The number of carbonyl (C=O) groups excluding carboxylic acids is 1. The summed E-state index contributed by atoms with van der Waals surface area (Å²) in [5.41, 5.74) is 4.17. The normalized spacial score (nSPS) is 18.3. The highest BCUT2D eigenvalue weighted by atomic mass is 16.5. The molecule has 0 unspecified atom stereocenters. The van der Waals surface area contributed by atoms with Gasteiger partial charge < -0.3 is 14.5 Å². The molecular weight excluding hydrogens is 374 g/mol. The second-order valence-corrected chi connectivity index (χ2v) is 8.99. The summed E-state index contributed by atoms with van der Waals surface area (Å²) >= 11 is 0. The molecule has 0 saturated carbocycles. The maximum absolute atomic E-state index is 12.7. The van der Waals surface area contributed by atoms with Crippen molar-refractivity contribution in [3.05, 3.63) is 53.1 Å². The van der Waals surface area contributed by atoms with Gasteiger partial charge in [0, 0.05) is 32.1 Å². The van der Waals surface area contributed by atoms with Crippen molar-refractivity contribution in [2.45, 2.75) is 47.1 Å². The Labute approximate surface area is 179 Å². The molecule has 0 bridgehead atoms. The van der Waals surface area contributed by atoms with Gasteiger partial charge >= 0.3 is 0 Å². The average Bonchev–Trinajstić information content (AvgIpc) is 2.83. The van der Waals surface area contributed by atoms with Gasteiger partial charge in [0.15, 0.2) is 5.75 Å². The number of benzene rings is 2. The van der Waals surface area contributed by atoms with E-state index in [1.807, 2.05) is 23.1 Å². The van der Waals surface area contributed by atoms with Crippen LogP contribution < -0.4 is 4.74 Å². The molecule has 4 rings (SSSR count). The zero-order valence-corrected chi connectivity index (χ0v) is 18.6. The fourth-order valence-electron chi connectivity index (χ4n) is 4.22. The van der Waals surface area contributed by atoms with Gasteiger partial charge in [0.2, 0.25) is 5.91 Å². The molecule has 2 aromatic rings. The standard InChI is InChI=1S/C25H31N3O2/c1-16(2)12-24(29)28-11-10-27(15-19(28)5)25-20-13-17(3)7-9-22(20)30-23-14-18(4)6-8-21(23)26-25/h6-9,13-14,16,19H,10-12,15H2,1-5H3/t19-/m0/s1. The van der Waals surface area contributed by atoms with Gasteiger partial charge in [-0.1, -0.05) is 31.5 Å². The first kappa shape index (κ1) is 20.5. The molecule has 5 nitrogen and oxygen atoms in total. The molecule has 158 valence electrons. The zero-order chi connectivity index (χ0) is 21.4. The smallest absolute Gasteiger partial charge is 0.223 e. The van der Waals surface area contributed by atoms with E-state index in [2.05, 4.69) is 57.7 Å². The SMILES string of the molecule is Cc1ccc2c(c1)Oc1ccc(C)cc1C(N1CCN(C(=O)CC(C)C)[C@@H](C)C1)=N2. The number of aryl methyl sites for hydroxylation is 2. The van der Waals surface area contributed by atoms with Crippen LogP contribution in [0.3, 0.4) is 0 Å². The van der Waals surface area contributed by atoms with E-state index in [0.717, 1.165) is 47.2 Å². The number of hydrogen-bond donors (Lipinski definition) is 0. The molecule has 2 aromatic carbocycles. The van der Waals surface area contributed by atoms with Crippen LogP contribution in [0, 0.1) is 19.8 Å². The Hall–Kier alpha value is -2.82. The first-order valence-corrected chi connectivity index (χ1v) is 10.8. The second kappa shape index (κ2) is 8.13. The van der Waals surface area contributed by atoms with Crippen molar-refractivity contribution < 1.29 is 9.53 Å². The van der Waals surface area contributed by atoms with Crippen molar-refractivity contribution in [3.63, 3.8) is 0 Å². The third-order valence-corrected chi connectivity index (χ3v) is 5.77. The minimum atomic E-state index is 0.141. The highest BCUT2D eigenvalue weighted by Crippen LogP contribution is 2.39. The predicted octanol–water partition coefficient (Wildman–Crippen LogP) is 5.07. The third kappa shape index (κ3) is 4.07. The van der Waals surface area contributed by atoms with Crippen LogP contribution in [-0.4, -0.2) is 47.2 Å². The lowest BCUT2D eigenvalue weighted by atomic mass is 10.1. The lowest BCUT2D eigenvalue weighted by Crippen LogP contribution is -2.55. The Morgan fingerprint density at radius 2 is 1.83 bits per heavy atom. The van der Waals surface area contributed by atoms with E-state index in [0.29, 0.717) is 18.9 Å². The van der Waals surface area contributed by atoms with Gasteiger partial charge in [-0.05, 0) is 56.5 Å². The molecule has 2 heterocycles. The molecule has 0 aliphatic carbocycles. The van der Waals surface area contributed by atoms with Crippen LogP contribution in [0.15, 0.2) is 41.4 Å². The summed E-state index contributed by atoms with van der Waals surface area (Å²) in [6.07, 6.45) is 0.605. The summed E-state index contributed by atoms with van der Waals surface area (Å²) in [5.74, 6) is 3.17.